The molecule has 0 aliphatic carbocycles. The summed E-state index contributed by atoms with van der Waals surface area (Å²) in [5.41, 5.74) is -0.359. The molecule has 60 valence electrons. The van der Waals surface area contributed by atoms with Crippen LogP contribution in [-0.2, 0) is 0 Å². The van der Waals surface area contributed by atoms with Crippen molar-refractivity contribution >= 4 is 10.9 Å². The number of hydrogen-bond donors (Lipinski definition) is 1. The van der Waals surface area contributed by atoms with Crippen LogP contribution in [0, 0.1) is 5.82 Å². The largest absolute Gasteiger partial charge is 0.319 e. The quantitative estimate of drug-likeness (QED) is 0.631. The van der Waals surface area contributed by atoms with Crippen LogP contribution >= 0.6 is 0 Å². The number of aromatic nitrogens is 1. The van der Waals surface area contributed by atoms with Crippen molar-refractivity contribution in [3.8, 4) is 0 Å². The number of H-pyrrole nitrogens is 1. The average molecular weight is 164 g/mol. The van der Waals surface area contributed by atoms with E-state index in [1.165, 1.54) is 0 Å². The number of pyridine rings is 1. The topological polar surface area (TPSA) is 32.9 Å². The summed E-state index contributed by atoms with van der Waals surface area (Å²) in [6, 6.07) is 6.29. The first-order valence-electron chi connectivity index (χ1n) is 3.97. The Kier molecular flexibility index (Phi) is 1.21. The lowest BCUT2D eigenvalue weighted by Crippen LogP contribution is -2.09. The lowest BCUT2D eigenvalue weighted by molar-refractivity contribution is 0.612. The van der Waals surface area contributed by atoms with Gasteiger partial charge < -0.3 is 4.98 Å². The van der Waals surface area contributed by atoms with Crippen LogP contribution in [0.5, 0.6) is 0 Å². The van der Waals surface area contributed by atoms with Gasteiger partial charge in [-0.05, 0) is 12.1 Å². The molecule has 3 heteroatoms. The molecule has 2 aromatic rings. The molecule has 0 saturated carbocycles. The van der Waals surface area contributed by atoms with Crippen molar-refractivity contribution in [3.63, 3.8) is 0 Å². The van der Waals surface area contributed by atoms with E-state index in [9.17, 15) is 9.18 Å². The minimum Gasteiger partial charge on any atom is -0.319 e. The lowest BCUT2D eigenvalue weighted by Gasteiger charge is -1.95. The van der Waals surface area contributed by atoms with Gasteiger partial charge in [-0.1, -0.05) is 18.2 Å². The molecule has 0 fully saturated rings. The molecule has 1 aromatic carbocycles. The molecule has 0 radical (unpaired) electrons. The van der Waals surface area contributed by atoms with Crippen molar-refractivity contribution in [3.05, 3.63) is 46.5 Å². The van der Waals surface area contributed by atoms with Gasteiger partial charge in [0, 0.05) is 10.9 Å². The number of fused-ring (bicyclic) bond motifs is 1. The van der Waals surface area contributed by atoms with Crippen LogP contribution < -0.4 is 5.56 Å². The third kappa shape index (κ3) is 0.993. The maximum absolute atomic E-state index is 12.9. The minimum atomic E-state index is -1.03. The molecule has 12 heavy (non-hydrogen) atoms. The van der Waals surface area contributed by atoms with E-state index in [4.69, 9.17) is 1.37 Å². The van der Waals surface area contributed by atoms with Crippen molar-refractivity contribution in [2.45, 2.75) is 0 Å². The van der Waals surface area contributed by atoms with Gasteiger partial charge in [0.25, 0.3) is 5.56 Å². The Hall–Kier alpha value is -1.64. The summed E-state index contributed by atoms with van der Waals surface area (Å²) in [5, 5.41) is 0.416. The zero-order chi connectivity index (χ0) is 9.42. The molecule has 2 nitrogen and oxygen atoms in total. The Balaban J connectivity index is 3.02. The first kappa shape index (κ1) is 5.94. The summed E-state index contributed by atoms with van der Waals surface area (Å²) in [6.07, 6.45) is 0. The highest BCUT2D eigenvalue weighted by molar-refractivity contribution is 5.77. The standard InChI is InChI=1S/C9H6FNO/c10-7-5-6-3-1-2-4-8(6)11-9(7)12/h1-5H,(H,11,12)/i5D. The molecule has 0 aliphatic heterocycles. The minimum absolute atomic E-state index is 0.348. The normalized spacial score (nSPS) is 11.6. The maximum atomic E-state index is 12.9. The molecule has 0 aliphatic rings. The number of rotatable bonds is 0. The highest BCUT2D eigenvalue weighted by Gasteiger charge is 1.98. The van der Waals surface area contributed by atoms with E-state index in [1.54, 1.807) is 24.3 Å². The third-order valence-corrected chi connectivity index (χ3v) is 1.62. The number of nitrogens with one attached hydrogen (secondary N) is 1. The molecule has 1 heterocycles. The maximum Gasteiger partial charge on any atom is 0.284 e. The molecule has 0 unspecified atom stereocenters. The molecular formula is C9H6FNO. The van der Waals surface area contributed by atoms with E-state index in [-0.39, 0.29) is 6.04 Å². The Morgan fingerprint density at radius 3 is 3.00 bits per heavy atom. The predicted molar refractivity (Wildman–Crippen MR) is 44.5 cm³/mol. The van der Waals surface area contributed by atoms with Gasteiger partial charge in [-0.2, -0.15) is 0 Å². The van der Waals surface area contributed by atoms with Gasteiger partial charge in [-0.15, -0.1) is 0 Å². The second-order valence-corrected chi connectivity index (χ2v) is 2.44. The Bertz CT molecular complexity index is 520. The van der Waals surface area contributed by atoms with Gasteiger partial charge in [0.2, 0.25) is 0 Å². The van der Waals surface area contributed by atoms with E-state index in [1.807, 2.05) is 0 Å². The van der Waals surface area contributed by atoms with Gasteiger partial charge in [0.05, 0.1) is 1.37 Å². The second-order valence-electron chi connectivity index (χ2n) is 2.44. The monoisotopic (exact) mass is 164 g/mol. The summed E-state index contributed by atoms with van der Waals surface area (Å²) in [6.45, 7) is 0. The van der Waals surface area contributed by atoms with Crippen molar-refractivity contribution in [2.75, 3.05) is 0 Å². The Morgan fingerprint density at radius 2 is 2.17 bits per heavy atom. The fraction of sp³-hybridized carbons (Fsp3) is 0. The van der Waals surface area contributed by atoms with Gasteiger partial charge in [-0.3, -0.25) is 4.79 Å². The van der Waals surface area contributed by atoms with E-state index < -0.39 is 11.4 Å². The van der Waals surface area contributed by atoms with Gasteiger partial charge in [0.15, 0.2) is 5.82 Å². The molecule has 1 aromatic heterocycles. The van der Waals surface area contributed by atoms with Crippen LogP contribution in [0.15, 0.2) is 35.1 Å². The smallest absolute Gasteiger partial charge is 0.284 e. The third-order valence-electron chi connectivity index (χ3n) is 1.62. The van der Waals surface area contributed by atoms with Gasteiger partial charge >= 0.3 is 0 Å². The summed E-state index contributed by atoms with van der Waals surface area (Å²) >= 11 is 0. The van der Waals surface area contributed by atoms with Crippen LogP contribution in [0.25, 0.3) is 10.9 Å². The summed E-state index contributed by atoms with van der Waals surface area (Å²) in [4.78, 5) is 13.3. The van der Waals surface area contributed by atoms with Crippen LogP contribution in [0.3, 0.4) is 0 Å². The molecule has 0 atom stereocenters. The van der Waals surface area contributed by atoms with E-state index in [2.05, 4.69) is 4.98 Å². The first-order valence-corrected chi connectivity index (χ1v) is 3.47. The molecule has 0 saturated heterocycles. The van der Waals surface area contributed by atoms with Crippen molar-refractivity contribution in [1.82, 2.24) is 4.98 Å². The molecule has 0 amide bonds. The van der Waals surface area contributed by atoms with E-state index in [0.29, 0.717) is 10.9 Å². The van der Waals surface area contributed by atoms with Crippen LogP contribution in [0.4, 0.5) is 4.39 Å². The Morgan fingerprint density at radius 1 is 1.42 bits per heavy atom. The predicted octanol–water partition coefficient (Wildman–Crippen LogP) is 1.67. The van der Waals surface area contributed by atoms with Crippen molar-refractivity contribution in [1.29, 1.82) is 0 Å². The van der Waals surface area contributed by atoms with Gasteiger partial charge in [0.1, 0.15) is 0 Å². The molecular weight excluding hydrogens is 157 g/mol. The summed E-state index contributed by atoms with van der Waals surface area (Å²) in [7, 11) is 0. The number of halogens is 1. The Labute approximate surface area is 69.1 Å². The van der Waals surface area contributed by atoms with Crippen molar-refractivity contribution in [2.24, 2.45) is 0 Å². The molecule has 1 N–H and O–H groups in total. The van der Waals surface area contributed by atoms with Crippen LogP contribution in [0.2, 0.25) is 0 Å². The average Bonchev–Trinajstić information content (AvgIpc) is 2.15. The summed E-state index contributed by atoms with van der Waals surface area (Å²) < 4.78 is 20.3. The van der Waals surface area contributed by atoms with E-state index >= 15 is 0 Å². The molecule has 0 bridgehead atoms. The molecule has 0 spiro atoms. The zero-order valence-corrected chi connectivity index (χ0v) is 6.10. The highest BCUT2D eigenvalue weighted by Crippen LogP contribution is 2.08. The summed E-state index contributed by atoms with van der Waals surface area (Å²) in [5.74, 6) is -1.03. The number of aromatic amines is 1. The first-order chi connectivity index (χ1) is 6.20. The van der Waals surface area contributed by atoms with E-state index in [0.717, 1.165) is 0 Å². The van der Waals surface area contributed by atoms with Crippen LogP contribution in [-0.4, -0.2) is 4.98 Å². The van der Waals surface area contributed by atoms with Crippen molar-refractivity contribution < 1.29 is 5.76 Å². The van der Waals surface area contributed by atoms with Gasteiger partial charge in [-0.25, -0.2) is 4.39 Å². The number of benzene rings is 1. The van der Waals surface area contributed by atoms with Crippen LogP contribution in [0.1, 0.15) is 1.37 Å². The zero-order valence-electron chi connectivity index (χ0n) is 7.10. The SMILES string of the molecule is [2H]c1c(F)c(=O)[nH]c2ccccc12. The fourth-order valence-electron chi connectivity index (χ4n) is 1.05. The number of para-hydroxylation sites is 1. The number of hydrogen-bond acceptors (Lipinski definition) is 1. The lowest BCUT2D eigenvalue weighted by atomic mass is 10.2. The highest BCUT2D eigenvalue weighted by atomic mass is 19.1. The molecule has 2 rings (SSSR count). The second kappa shape index (κ2) is 2.44. The fourth-order valence-corrected chi connectivity index (χ4v) is 1.05.